The van der Waals surface area contributed by atoms with Crippen molar-refractivity contribution in [2.75, 3.05) is 19.6 Å². The lowest BCUT2D eigenvalue weighted by molar-refractivity contribution is -0.137. The van der Waals surface area contributed by atoms with Crippen LogP contribution in [0.5, 0.6) is 0 Å². The summed E-state index contributed by atoms with van der Waals surface area (Å²) in [5.74, 6) is 0.552. The Morgan fingerprint density at radius 3 is 2.65 bits per heavy atom. The van der Waals surface area contributed by atoms with Crippen molar-refractivity contribution in [3.05, 3.63) is 35.9 Å². The smallest absolute Gasteiger partial charge is 0.227 e. The molecule has 0 bridgehead atoms. The average Bonchev–Trinajstić information content (AvgIpc) is 2.98. The van der Waals surface area contributed by atoms with Crippen LogP contribution in [-0.2, 0) is 4.79 Å². The van der Waals surface area contributed by atoms with E-state index in [4.69, 9.17) is 0 Å². The second-order valence-electron chi connectivity index (χ2n) is 5.64. The number of carbonyl (C=O) groups excluding carboxylic acids is 1. The van der Waals surface area contributed by atoms with E-state index in [-0.39, 0.29) is 18.3 Å². The summed E-state index contributed by atoms with van der Waals surface area (Å²) in [5, 5.41) is 3.35. The first kappa shape index (κ1) is 15.3. The molecule has 3 nitrogen and oxygen atoms in total. The summed E-state index contributed by atoms with van der Waals surface area (Å²) < 4.78 is 0. The van der Waals surface area contributed by atoms with Crippen LogP contribution in [0.15, 0.2) is 30.3 Å². The quantitative estimate of drug-likeness (QED) is 0.910. The molecule has 2 unspecified atom stereocenters. The molecule has 0 spiro atoms. The van der Waals surface area contributed by atoms with Crippen LogP contribution in [0.25, 0.3) is 0 Å². The number of carbonyl (C=O) groups is 1. The Kier molecular flexibility index (Phi) is 5.44. The van der Waals surface area contributed by atoms with Crippen molar-refractivity contribution >= 4 is 18.3 Å². The van der Waals surface area contributed by atoms with E-state index in [1.165, 1.54) is 5.56 Å². The first-order valence-corrected chi connectivity index (χ1v) is 7.42. The number of halogens is 1. The highest BCUT2D eigenvalue weighted by molar-refractivity contribution is 5.85. The standard InChI is InChI=1S/C16H22N2O.ClH/c19-16(14-8-4-10-17-12-14)18-11-5-9-15(18)13-6-2-1-3-7-13;/h1-3,6-7,14-15,17H,4-5,8-12H2;1H. The summed E-state index contributed by atoms with van der Waals surface area (Å²) in [4.78, 5) is 14.8. The molecule has 2 atom stereocenters. The average molecular weight is 295 g/mol. The molecule has 0 aromatic heterocycles. The highest BCUT2D eigenvalue weighted by atomic mass is 35.5. The van der Waals surface area contributed by atoms with E-state index in [9.17, 15) is 4.79 Å². The maximum atomic E-state index is 12.7. The van der Waals surface area contributed by atoms with Gasteiger partial charge in [0.2, 0.25) is 5.91 Å². The summed E-state index contributed by atoms with van der Waals surface area (Å²) in [6, 6.07) is 10.8. The fourth-order valence-corrected chi connectivity index (χ4v) is 3.35. The largest absolute Gasteiger partial charge is 0.335 e. The molecule has 2 saturated heterocycles. The van der Waals surface area contributed by atoms with Crippen molar-refractivity contribution in [3.8, 4) is 0 Å². The number of nitrogens with one attached hydrogen (secondary N) is 1. The van der Waals surface area contributed by atoms with Crippen LogP contribution in [0.4, 0.5) is 0 Å². The summed E-state index contributed by atoms with van der Waals surface area (Å²) in [5.41, 5.74) is 1.29. The lowest BCUT2D eigenvalue weighted by atomic mass is 9.97. The van der Waals surface area contributed by atoms with Crippen molar-refractivity contribution in [3.63, 3.8) is 0 Å². The SMILES string of the molecule is Cl.O=C(C1CCCNC1)N1CCCC1c1ccccc1. The second-order valence-corrected chi connectivity index (χ2v) is 5.64. The van der Waals surface area contributed by atoms with Gasteiger partial charge in [-0.2, -0.15) is 0 Å². The van der Waals surface area contributed by atoms with E-state index >= 15 is 0 Å². The fourth-order valence-electron chi connectivity index (χ4n) is 3.35. The van der Waals surface area contributed by atoms with Gasteiger partial charge in [-0.15, -0.1) is 12.4 Å². The van der Waals surface area contributed by atoms with Crippen LogP contribution in [0.3, 0.4) is 0 Å². The molecule has 0 radical (unpaired) electrons. The van der Waals surface area contributed by atoms with Crippen LogP contribution in [0.2, 0.25) is 0 Å². The zero-order chi connectivity index (χ0) is 13.1. The van der Waals surface area contributed by atoms with E-state index in [0.717, 1.165) is 45.3 Å². The third-order valence-electron chi connectivity index (χ3n) is 4.37. The Labute approximate surface area is 127 Å². The van der Waals surface area contributed by atoms with Gasteiger partial charge < -0.3 is 10.2 Å². The normalized spacial score (nSPS) is 26.1. The van der Waals surface area contributed by atoms with Crippen LogP contribution in [0.1, 0.15) is 37.3 Å². The number of hydrogen-bond acceptors (Lipinski definition) is 2. The van der Waals surface area contributed by atoms with Gasteiger partial charge in [0.1, 0.15) is 0 Å². The highest BCUT2D eigenvalue weighted by Crippen LogP contribution is 2.33. The van der Waals surface area contributed by atoms with Crippen molar-refractivity contribution in [1.82, 2.24) is 10.2 Å². The minimum Gasteiger partial charge on any atom is -0.335 e. The molecule has 3 rings (SSSR count). The third kappa shape index (κ3) is 3.15. The van der Waals surface area contributed by atoms with E-state index in [0.29, 0.717) is 11.9 Å². The summed E-state index contributed by atoms with van der Waals surface area (Å²) in [7, 11) is 0. The zero-order valence-electron chi connectivity index (χ0n) is 11.8. The van der Waals surface area contributed by atoms with Crippen molar-refractivity contribution in [1.29, 1.82) is 0 Å². The topological polar surface area (TPSA) is 32.3 Å². The molecular weight excluding hydrogens is 272 g/mol. The first-order chi connectivity index (χ1) is 9.36. The van der Waals surface area contributed by atoms with E-state index in [1.807, 2.05) is 6.07 Å². The van der Waals surface area contributed by atoms with E-state index < -0.39 is 0 Å². The first-order valence-electron chi connectivity index (χ1n) is 7.42. The Morgan fingerprint density at radius 2 is 1.95 bits per heavy atom. The molecule has 2 fully saturated rings. The number of rotatable bonds is 2. The predicted octanol–water partition coefficient (Wildman–Crippen LogP) is 2.77. The Hall–Kier alpha value is -1.06. The van der Waals surface area contributed by atoms with Gasteiger partial charge in [0.25, 0.3) is 0 Å². The summed E-state index contributed by atoms with van der Waals surface area (Å²) in [6.45, 7) is 2.84. The van der Waals surface area contributed by atoms with Gasteiger partial charge in [0, 0.05) is 13.1 Å². The third-order valence-corrected chi connectivity index (χ3v) is 4.37. The number of likely N-dealkylation sites (tertiary alicyclic amines) is 1. The minimum atomic E-state index is 0. The number of benzene rings is 1. The van der Waals surface area contributed by atoms with Crippen molar-refractivity contribution in [2.45, 2.75) is 31.7 Å². The molecule has 1 aromatic carbocycles. The van der Waals surface area contributed by atoms with Gasteiger partial charge in [-0.3, -0.25) is 4.79 Å². The molecule has 0 aliphatic carbocycles. The molecule has 1 amide bonds. The molecule has 0 saturated carbocycles. The van der Waals surface area contributed by atoms with Crippen LogP contribution >= 0.6 is 12.4 Å². The number of nitrogens with zero attached hydrogens (tertiary/aromatic N) is 1. The molecule has 1 N–H and O–H groups in total. The van der Waals surface area contributed by atoms with Gasteiger partial charge in [0.05, 0.1) is 12.0 Å². The van der Waals surface area contributed by atoms with Gasteiger partial charge >= 0.3 is 0 Å². The predicted molar refractivity (Wildman–Crippen MR) is 83.0 cm³/mol. The maximum absolute atomic E-state index is 12.7. The second kappa shape index (κ2) is 7.09. The van der Waals surface area contributed by atoms with E-state index in [1.54, 1.807) is 0 Å². The van der Waals surface area contributed by atoms with Crippen LogP contribution < -0.4 is 5.32 Å². The zero-order valence-corrected chi connectivity index (χ0v) is 12.6. The minimum absolute atomic E-state index is 0. The monoisotopic (exact) mass is 294 g/mol. The van der Waals surface area contributed by atoms with Crippen molar-refractivity contribution in [2.24, 2.45) is 5.92 Å². The lowest BCUT2D eigenvalue weighted by Crippen LogP contribution is -2.42. The van der Waals surface area contributed by atoms with Gasteiger partial charge in [-0.05, 0) is 37.8 Å². The van der Waals surface area contributed by atoms with Gasteiger partial charge in [-0.1, -0.05) is 30.3 Å². The summed E-state index contributed by atoms with van der Waals surface area (Å²) in [6.07, 6.45) is 4.41. The van der Waals surface area contributed by atoms with Gasteiger partial charge in [0.15, 0.2) is 0 Å². The number of hydrogen-bond donors (Lipinski definition) is 1. The lowest BCUT2D eigenvalue weighted by Gasteiger charge is -2.31. The Bertz CT molecular complexity index is 431. The van der Waals surface area contributed by atoms with Crippen LogP contribution in [0, 0.1) is 5.92 Å². The molecule has 2 aliphatic heterocycles. The Morgan fingerprint density at radius 1 is 1.15 bits per heavy atom. The Balaban J connectivity index is 0.00000147. The van der Waals surface area contributed by atoms with Crippen LogP contribution in [-0.4, -0.2) is 30.4 Å². The van der Waals surface area contributed by atoms with Gasteiger partial charge in [-0.25, -0.2) is 0 Å². The molecule has 2 aliphatic rings. The fraction of sp³-hybridized carbons (Fsp3) is 0.562. The van der Waals surface area contributed by atoms with Crippen molar-refractivity contribution < 1.29 is 4.79 Å². The van der Waals surface area contributed by atoms with E-state index in [2.05, 4.69) is 34.5 Å². The molecule has 1 aromatic rings. The highest BCUT2D eigenvalue weighted by Gasteiger charge is 2.34. The number of amides is 1. The molecule has 110 valence electrons. The maximum Gasteiger partial charge on any atom is 0.227 e. The summed E-state index contributed by atoms with van der Waals surface area (Å²) >= 11 is 0. The molecule has 2 heterocycles. The molecule has 20 heavy (non-hydrogen) atoms. The molecular formula is C16H23ClN2O. The molecule has 4 heteroatoms. The number of piperidine rings is 1.